The summed E-state index contributed by atoms with van der Waals surface area (Å²) in [5.41, 5.74) is 4.35. The average molecular weight is 274 g/mol. The van der Waals surface area contributed by atoms with E-state index in [0.29, 0.717) is 17.9 Å². The molecule has 0 amide bonds. The van der Waals surface area contributed by atoms with Crippen molar-refractivity contribution >= 4 is 17.4 Å². The first-order valence-corrected chi connectivity index (χ1v) is 6.60. The van der Waals surface area contributed by atoms with Crippen LogP contribution in [0.1, 0.15) is 22.3 Å². The normalized spacial score (nSPS) is 10.5. The largest absolute Gasteiger partial charge is 0.299 e. The van der Waals surface area contributed by atoms with Crippen LogP contribution in [0, 0.1) is 13.8 Å². The van der Waals surface area contributed by atoms with Crippen LogP contribution < -0.4 is 0 Å². The standard InChI is InChI=1S/C16H16ClNO/c1-11-3-4-13(7-12(11)2)8-15(19)9-14-5-6-18-10-16(14)17/h3-7,10H,8-9H2,1-2H3. The van der Waals surface area contributed by atoms with Crippen LogP contribution in [-0.2, 0) is 17.6 Å². The zero-order chi connectivity index (χ0) is 13.8. The van der Waals surface area contributed by atoms with Gasteiger partial charge in [-0.1, -0.05) is 29.8 Å². The molecule has 19 heavy (non-hydrogen) atoms. The minimum absolute atomic E-state index is 0.163. The second-order valence-electron chi connectivity index (χ2n) is 4.78. The second kappa shape index (κ2) is 5.98. The third-order valence-corrected chi connectivity index (χ3v) is 3.56. The smallest absolute Gasteiger partial charge is 0.141 e. The molecular weight excluding hydrogens is 258 g/mol. The molecule has 0 bridgehead atoms. The molecule has 0 fully saturated rings. The third kappa shape index (κ3) is 3.65. The molecule has 0 aliphatic heterocycles. The maximum absolute atomic E-state index is 12.1. The van der Waals surface area contributed by atoms with E-state index in [0.717, 1.165) is 11.1 Å². The summed E-state index contributed by atoms with van der Waals surface area (Å²) >= 11 is 6.00. The van der Waals surface area contributed by atoms with Gasteiger partial charge in [0, 0.05) is 25.2 Å². The zero-order valence-corrected chi connectivity index (χ0v) is 11.9. The van der Waals surface area contributed by atoms with Gasteiger partial charge >= 0.3 is 0 Å². The van der Waals surface area contributed by atoms with Gasteiger partial charge in [0.1, 0.15) is 5.78 Å². The van der Waals surface area contributed by atoms with E-state index in [1.807, 2.05) is 6.07 Å². The summed E-state index contributed by atoms with van der Waals surface area (Å²) in [6.07, 6.45) is 4.03. The molecule has 2 rings (SSSR count). The van der Waals surface area contributed by atoms with Gasteiger partial charge in [0.25, 0.3) is 0 Å². The molecule has 0 radical (unpaired) electrons. The molecule has 0 saturated carbocycles. The number of hydrogen-bond donors (Lipinski definition) is 0. The summed E-state index contributed by atoms with van der Waals surface area (Å²) in [6, 6.07) is 7.92. The van der Waals surface area contributed by atoms with Crippen LogP contribution >= 0.6 is 11.6 Å². The van der Waals surface area contributed by atoms with E-state index < -0.39 is 0 Å². The van der Waals surface area contributed by atoms with Crippen molar-refractivity contribution in [3.63, 3.8) is 0 Å². The van der Waals surface area contributed by atoms with Crippen molar-refractivity contribution in [1.29, 1.82) is 0 Å². The predicted molar refractivity (Wildman–Crippen MR) is 77.6 cm³/mol. The van der Waals surface area contributed by atoms with Crippen molar-refractivity contribution in [2.24, 2.45) is 0 Å². The maximum Gasteiger partial charge on any atom is 0.141 e. The molecule has 0 aliphatic rings. The van der Waals surface area contributed by atoms with E-state index >= 15 is 0 Å². The average Bonchev–Trinajstić information content (AvgIpc) is 2.37. The van der Waals surface area contributed by atoms with Gasteiger partial charge in [0.05, 0.1) is 5.02 Å². The van der Waals surface area contributed by atoms with Gasteiger partial charge in [-0.15, -0.1) is 0 Å². The zero-order valence-electron chi connectivity index (χ0n) is 11.1. The number of rotatable bonds is 4. The fourth-order valence-electron chi connectivity index (χ4n) is 1.96. The third-order valence-electron chi connectivity index (χ3n) is 3.22. The minimum atomic E-state index is 0.163. The lowest BCUT2D eigenvalue weighted by molar-refractivity contribution is -0.117. The molecule has 0 aliphatic carbocycles. The molecule has 0 saturated heterocycles. The van der Waals surface area contributed by atoms with Gasteiger partial charge in [0.15, 0.2) is 0 Å². The van der Waals surface area contributed by atoms with Crippen LogP contribution in [0.25, 0.3) is 0 Å². The van der Waals surface area contributed by atoms with Crippen LogP contribution in [0.5, 0.6) is 0 Å². The van der Waals surface area contributed by atoms with Crippen molar-refractivity contribution in [2.75, 3.05) is 0 Å². The summed E-state index contributed by atoms with van der Waals surface area (Å²) < 4.78 is 0. The summed E-state index contributed by atoms with van der Waals surface area (Å²) in [6.45, 7) is 4.13. The van der Waals surface area contributed by atoms with Crippen LogP contribution in [0.3, 0.4) is 0 Å². The van der Waals surface area contributed by atoms with Crippen molar-refractivity contribution in [3.05, 3.63) is 63.9 Å². The lowest BCUT2D eigenvalue weighted by Crippen LogP contribution is -2.07. The Balaban J connectivity index is 2.05. The number of aromatic nitrogens is 1. The Bertz CT molecular complexity index is 607. The Morgan fingerprint density at radius 3 is 2.63 bits per heavy atom. The lowest BCUT2D eigenvalue weighted by Gasteiger charge is -2.06. The number of carbonyl (C=O) groups excluding carboxylic acids is 1. The van der Waals surface area contributed by atoms with Gasteiger partial charge in [-0.05, 0) is 42.2 Å². The molecule has 2 aromatic rings. The lowest BCUT2D eigenvalue weighted by atomic mass is 10.00. The first kappa shape index (κ1) is 13.8. The van der Waals surface area contributed by atoms with E-state index in [4.69, 9.17) is 11.6 Å². The van der Waals surface area contributed by atoms with Crippen molar-refractivity contribution in [3.8, 4) is 0 Å². The highest BCUT2D eigenvalue weighted by atomic mass is 35.5. The fourth-order valence-corrected chi connectivity index (χ4v) is 2.15. The molecule has 0 N–H and O–H groups in total. The summed E-state index contributed by atoms with van der Waals surface area (Å²) in [7, 11) is 0. The van der Waals surface area contributed by atoms with Crippen molar-refractivity contribution < 1.29 is 4.79 Å². The fraction of sp³-hybridized carbons (Fsp3) is 0.250. The van der Waals surface area contributed by atoms with Crippen LogP contribution in [-0.4, -0.2) is 10.8 Å². The Kier molecular flexibility index (Phi) is 4.33. The molecule has 0 atom stereocenters. The SMILES string of the molecule is Cc1ccc(CC(=O)Cc2ccncc2Cl)cc1C. The van der Waals surface area contributed by atoms with E-state index in [9.17, 15) is 4.79 Å². The molecule has 0 spiro atoms. The molecule has 1 aromatic heterocycles. The number of hydrogen-bond acceptors (Lipinski definition) is 2. The van der Waals surface area contributed by atoms with Gasteiger partial charge < -0.3 is 0 Å². The Morgan fingerprint density at radius 1 is 1.16 bits per heavy atom. The number of halogens is 1. The maximum atomic E-state index is 12.1. The Morgan fingerprint density at radius 2 is 1.95 bits per heavy atom. The van der Waals surface area contributed by atoms with E-state index in [-0.39, 0.29) is 5.78 Å². The molecule has 98 valence electrons. The highest BCUT2D eigenvalue weighted by Gasteiger charge is 2.08. The van der Waals surface area contributed by atoms with E-state index in [1.165, 1.54) is 11.1 Å². The van der Waals surface area contributed by atoms with Gasteiger partial charge in [0.2, 0.25) is 0 Å². The summed E-state index contributed by atoms with van der Waals surface area (Å²) in [5.74, 6) is 0.163. The summed E-state index contributed by atoms with van der Waals surface area (Å²) in [5, 5.41) is 0.552. The van der Waals surface area contributed by atoms with Gasteiger partial charge in [-0.3, -0.25) is 9.78 Å². The van der Waals surface area contributed by atoms with Crippen LogP contribution in [0.4, 0.5) is 0 Å². The number of ketones is 1. The Labute approximate surface area is 118 Å². The topological polar surface area (TPSA) is 30.0 Å². The van der Waals surface area contributed by atoms with Crippen LogP contribution in [0.15, 0.2) is 36.7 Å². The van der Waals surface area contributed by atoms with Gasteiger partial charge in [-0.25, -0.2) is 0 Å². The molecule has 3 heteroatoms. The number of benzene rings is 1. The Hall–Kier alpha value is -1.67. The predicted octanol–water partition coefficient (Wildman–Crippen LogP) is 3.71. The second-order valence-corrected chi connectivity index (χ2v) is 5.19. The molecule has 0 unspecified atom stereocenters. The summed E-state index contributed by atoms with van der Waals surface area (Å²) in [4.78, 5) is 16.0. The van der Waals surface area contributed by atoms with E-state index in [2.05, 4.69) is 31.0 Å². The van der Waals surface area contributed by atoms with Crippen molar-refractivity contribution in [1.82, 2.24) is 4.98 Å². The molecule has 1 aromatic carbocycles. The highest BCUT2D eigenvalue weighted by molar-refractivity contribution is 6.31. The number of Topliss-reactive ketones (excluding diaryl/α,β-unsaturated/α-hetero) is 1. The van der Waals surface area contributed by atoms with Crippen LogP contribution in [0.2, 0.25) is 5.02 Å². The monoisotopic (exact) mass is 273 g/mol. The first-order chi connectivity index (χ1) is 9.06. The number of pyridine rings is 1. The molecule has 1 heterocycles. The quantitative estimate of drug-likeness (QED) is 0.850. The first-order valence-electron chi connectivity index (χ1n) is 6.22. The minimum Gasteiger partial charge on any atom is -0.299 e. The highest BCUT2D eigenvalue weighted by Crippen LogP contribution is 2.16. The number of aryl methyl sites for hydroxylation is 2. The number of carbonyl (C=O) groups is 1. The number of nitrogens with zero attached hydrogens (tertiary/aromatic N) is 1. The molecular formula is C16H16ClNO. The van der Waals surface area contributed by atoms with E-state index in [1.54, 1.807) is 18.5 Å². The van der Waals surface area contributed by atoms with Crippen molar-refractivity contribution in [2.45, 2.75) is 26.7 Å². The molecule has 2 nitrogen and oxygen atoms in total. The van der Waals surface area contributed by atoms with Gasteiger partial charge in [-0.2, -0.15) is 0 Å².